The van der Waals surface area contributed by atoms with Crippen LogP contribution in [0.5, 0.6) is 0 Å². The molecule has 2 unspecified atom stereocenters. The number of aromatic nitrogens is 2. The maximum Gasteiger partial charge on any atom is 0.313 e. The molecule has 19 heavy (non-hydrogen) atoms. The molecular formula is C13H23N3O3. The maximum atomic E-state index is 11.3. The van der Waals surface area contributed by atoms with Gasteiger partial charge >= 0.3 is 5.69 Å². The molecule has 0 amide bonds. The van der Waals surface area contributed by atoms with Crippen LogP contribution < -0.4 is 0 Å². The fourth-order valence-corrected chi connectivity index (χ4v) is 2.59. The SMILES string of the molecule is Cc1nn(C(C)C)c(C(C(C)C)C(C)O)c1[N+](=O)[O-]. The lowest BCUT2D eigenvalue weighted by atomic mass is 9.86. The van der Waals surface area contributed by atoms with Crippen molar-refractivity contribution in [1.82, 2.24) is 9.78 Å². The first kappa shape index (κ1) is 15.6. The van der Waals surface area contributed by atoms with Crippen LogP contribution in [0.2, 0.25) is 0 Å². The summed E-state index contributed by atoms with van der Waals surface area (Å²) in [6.45, 7) is 11.1. The molecule has 0 saturated heterocycles. The monoisotopic (exact) mass is 269 g/mol. The Hall–Kier alpha value is -1.43. The number of nitro groups is 1. The van der Waals surface area contributed by atoms with E-state index in [-0.39, 0.29) is 23.6 Å². The van der Waals surface area contributed by atoms with Crippen molar-refractivity contribution < 1.29 is 10.0 Å². The molecule has 0 spiro atoms. The van der Waals surface area contributed by atoms with Gasteiger partial charge < -0.3 is 5.11 Å². The third-order valence-electron chi connectivity index (χ3n) is 3.32. The highest BCUT2D eigenvalue weighted by Gasteiger charge is 2.35. The van der Waals surface area contributed by atoms with Gasteiger partial charge in [-0.2, -0.15) is 5.10 Å². The summed E-state index contributed by atoms with van der Waals surface area (Å²) < 4.78 is 1.67. The Labute approximate surface area is 113 Å². The second-order valence-electron chi connectivity index (χ2n) is 5.63. The molecule has 6 nitrogen and oxygen atoms in total. The van der Waals surface area contributed by atoms with Crippen LogP contribution in [0, 0.1) is 23.0 Å². The molecule has 1 aromatic rings. The Morgan fingerprint density at radius 2 is 1.79 bits per heavy atom. The lowest BCUT2D eigenvalue weighted by Crippen LogP contribution is -2.25. The molecular weight excluding hydrogens is 246 g/mol. The van der Waals surface area contributed by atoms with Crippen LogP contribution in [0.4, 0.5) is 5.69 Å². The van der Waals surface area contributed by atoms with Crippen LogP contribution in [0.1, 0.15) is 58.0 Å². The highest BCUT2D eigenvalue weighted by Crippen LogP contribution is 2.37. The van der Waals surface area contributed by atoms with Gasteiger partial charge in [-0.1, -0.05) is 13.8 Å². The van der Waals surface area contributed by atoms with Crippen molar-refractivity contribution in [3.63, 3.8) is 0 Å². The topological polar surface area (TPSA) is 81.2 Å². The van der Waals surface area contributed by atoms with Crippen molar-refractivity contribution in [2.24, 2.45) is 5.92 Å². The van der Waals surface area contributed by atoms with Crippen molar-refractivity contribution in [3.05, 3.63) is 21.5 Å². The van der Waals surface area contributed by atoms with E-state index < -0.39 is 11.0 Å². The van der Waals surface area contributed by atoms with Crippen LogP contribution in [0.15, 0.2) is 0 Å². The van der Waals surface area contributed by atoms with Crippen LogP contribution in [-0.2, 0) is 0 Å². The van der Waals surface area contributed by atoms with E-state index >= 15 is 0 Å². The zero-order valence-corrected chi connectivity index (χ0v) is 12.4. The average Bonchev–Trinajstić information content (AvgIpc) is 2.54. The molecule has 0 fully saturated rings. The zero-order valence-electron chi connectivity index (χ0n) is 12.4. The molecule has 2 atom stereocenters. The van der Waals surface area contributed by atoms with Gasteiger partial charge in [-0.25, -0.2) is 0 Å². The summed E-state index contributed by atoms with van der Waals surface area (Å²) in [5.74, 6) is -0.212. The van der Waals surface area contributed by atoms with Gasteiger partial charge in [-0.3, -0.25) is 14.8 Å². The van der Waals surface area contributed by atoms with Gasteiger partial charge in [0.2, 0.25) is 0 Å². The van der Waals surface area contributed by atoms with E-state index in [9.17, 15) is 15.2 Å². The molecule has 108 valence electrons. The number of aryl methyl sites for hydroxylation is 1. The summed E-state index contributed by atoms with van der Waals surface area (Å²) >= 11 is 0. The Morgan fingerprint density at radius 1 is 1.26 bits per heavy atom. The molecule has 1 aromatic heterocycles. The number of hydrogen-bond donors (Lipinski definition) is 1. The van der Waals surface area contributed by atoms with Gasteiger partial charge in [0.05, 0.1) is 11.0 Å². The molecule has 0 bridgehead atoms. The first-order valence-corrected chi connectivity index (χ1v) is 6.59. The number of rotatable bonds is 5. The fraction of sp³-hybridized carbons (Fsp3) is 0.769. The average molecular weight is 269 g/mol. The predicted octanol–water partition coefficient (Wildman–Crippen LogP) is 2.80. The third kappa shape index (κ3) is 2.94. The second-order valence-corrected chi connectivity index (χ2v) is 5.63. The highest BCUT2D eigenvalue weighted by molar-refractivity contribution is 5.43. The quantitative estimate of drug-likeness (QED) is 0.658. The van der Waals surface area contributed by atoms with Crippen LogP contribution in [-0.4, -0.2) is 25.9 Å². The highest BCUT2D eigenvalue weighted by atomic mass is 16.6. The zero-order chi connectivity index (χ0) is 14.9. The molecule has 1 N–H and O–H groups in total. The van der Waals surface area contributed by atoms with E-state index in [0.717, 1.165) is 0 Å². The van der Waals surface area contributed by atoms with E-state index in [1.54, 1.807) is 18.5 Å². The minimum absolute atomic E-state index is 0.0161. The van der Waals surface area contributed by atoms with E-state index in [4.69, 9.17) is 0 Å². The molecule has 0 aliphatic heterocycles. The molecule has 0 radical (unpaired) electrons. The van der Waals surface area contributed by atoms with E-state index in [1.165, 1.54) is 0 Å². The second kappa shape index (κ2) is 5.69. The van der Waals surface area contributed by atoms with Crippen LogP contribution in [0.3, 0.4) is 0 Å². The summed E-state index contributed by atoms with van der Waals surface area (Å²) in [5.41, 5.74) is 0.968. The van der Waals surface area contributed by atoms with Crippen LogP contribution in [0.25, 0.3) is 0 Å². The lowest BCUT2D eigenvalue weighted by molar-refractivity contribution is -0.386. The number of nitrogens with zero attached hydrogens (tertiary/aromatic N) is 3. The first-order valence-electron chi connectivity index (χ1n) is 6.59. The molecule has 0 saturated carbocycles. The molecule has 1 rings (SSSR count). The number of hydrogen-bond acceptors (Lipinski definition) is 4. The Kier molecular flexibility index (Phi) is 4.68. The van der Waals surface area contributed by atoms with Crippen molar-refractivity contribution in [2.45, 2.75) is 59.6 Å². The van der Waals surface area contributed by atoms with Gasteiger partial charge in [0.25, 0.3) is 0 Å². The van der Waals surface area contributed by atoms with Gasteiger partial charge in [0.1, 0.15) is 11.4 Å². The summed E-state index contributed by atoms with van der Waals surface area (Å²) in [7, 11) is 0. The molecule has 1 heterocycles. The summed E-state index contributed by atoms with van der Waals surface area (Å²) in [5, 5.41) is 25.6. The van der Waals surface area contributed by atoms with Crippen LogP contribution >= 0.6 is 0 Å². The molecule has 6 heteroatoms. The van der Waals surface area contributed by atoms with E-state index in [2.05, 4.69) is 5.10 Å². The van der Waals surface area contributed by atoms with E-state index in [1.807, 2.05) is 27.7 Å². The van der Waals surface area contributed by atoms with Gasteiger partial charge in [-0.05, 0) is 33.6 Å². The third-order valence-corrected chi connectivity index (χ3v) is 3.32. The van der Waals surface area contributed by atoms with Crippen molar-refractivity contribution in [2.75, 3.05) is 0 Å². The lowest BCUT2D eigenvalue weighted by Gasteiger charge is -2.25. The minimum Gasteiger partial charge on any atom is -0.393 e. The number of aliphatic hydroxyl groups excluding tert-OH is 1. The van der Waals surface area contributed by atoms with Gasteiger partial charge in [-0.15, -0.1) is 0 Å². The minimum atomic E-state index is -0.660. The first-order chi connectivity index (χ1) is 8.68. The smallest absolute Gasteiger partial charge is 0.313 e. The van der Waals surface area contributed by atoms with Crippen molar-refractivity contribution in [3.8, 4) is 0 Å². The number of aliphatic hydroxyl groups is 1. The molecule has 0 aliphatic carbocycles. The fourth-order valence-electron chi connectivity index (χ4n) is 2.59. The summed E-state index contributed by atoms with van der Waals surface area (Å²) in [6.07, 6.45) is -0.660. The maximum absolute atomic E-state index is 11.3. The van der Waals surface area contributed by atoms with Gasteiger partial charge in [0, 0.05) is 12.0 Å². The largest absolute Gasteiger partial charge is 0.393 e. The molecule has 0 aliphatic rings. The molecule has 0 aromatic carbocycles. The Morgan fingerprint density at radius 3 is 2.11 bits per heavy atom. The Bertz CT molecular complexity index is 456. The standard InChI is InChI=1S/C13H23N3O3/c1-7(2)11(10(6)17)13-12(16(18)19)9(5)14-15(13)8(3)4/h7-8,10-11,17H,1-6H3. The summed E-state index contributed by atoms with van der Waals surface area (Å²) in [6, 6.07) is 0.0161. The van der Waals surface area contributed by atoms with E-state index in [0.29, 0.717) is 11.4 Å². The van der Waals surface area contributed by atoms with Crippen molar-refractivity contribution in [1.29, 1.82) is 0 Å². The Balaban J connectivity index is 3.56. The van der Waals surface area contributed by atoms with Crippen molar-refractivity contribution >= 4 is 5.69 Å². The normalized spacial score (nSPS) is 15.0. The van der Waals surface area contributed by atoms with Gasteiger partial charge in [0.15, 0.2) is 0 Å². The summed E-state index contributed by atoms with van der Waals surface area (Å²) in [4.78, 5) is 10.9. The predicted molar refractivity (Wildman–Crippen MR) is 73.3 cm³/mol.